The lowest BCUT2D eigenvalue weighted by atomic mass is 10.1. The van der Waals surface area contributed by atoms with Gasteiger partial charge in [0.2, 0.25) is 11.8 Å². The molecule has 0 bridgehead atoms. The van der Waals surface area contributed by atoms with Gasteiger partial charge in [0, 0.05) is 44.5 Å². The molecular weight excluding hydrogens is 280 g/mol. The van der Waals surface area contributed by atoms with Gasteiger partial charge in [-0.05, 0) is 31.5 Å². The molecule has 1 aromatic heterocycles. The monoisotopic (exact) mass is 304 g/mol. The van der Waals surface area contributed by atoms with Gasteiger partial charge in [0.1, 0.15) is 0 Å². The molecule has 0 radical (unpaired) electrons. The zero-order valence-electron chi connectivity index (χ0n) is 13.2. The van der Waals surface area contributed by atoms with Crippen molar-refractivity contribution in [3.63, 3.8) is 0 Å². The van der Waals surface area contributed by atoms with Gasteiger partial charge in [-0.1, -0.05) is 6.07 Å². The maximum Gasteiger partial charge on any atom is 0.224 e. The van der Waals surface area contributed by atoms with Crippen molar-refractivity contribution < 1.29 is 9.59 Å². The molecule has 0 spiro atoms. The highest BCUT2D eigenvalue weighted by atomic mass is 16.2. The van der Waals surface area contributed by atoms with Crippen molar-refractivity contribution in [1.29, 1.82) is 0 Å². The van der Waals surface area contributed by atoms with Gasteiger partial charge in [0.25, 0.3) is 0 Å². The summed E-state index contributed by atoms with van der Waals surface area (Å²) < 4.78 is 0. The molecule has 6 heteroatoms. The first kappa shape index (κ1) is 16.4. The largest absolute Gasteiger partial charge is 0.359 e. The number of carbonyl (C=O) groups is 2. The van der Waals surface area contributed by atoms with Crippen molar-refractivity contribution in [3.8, 4) is 0 Å². The Bertz CT molecular complexity index is 506. The number of hydrogen-bond acceptors (Lipinski definition) is 4. The second-order valence-corrected chi connectivity index (χ2v) is 5.77. The Hall–Kier alpha value is -1.95. The lowest BCUT2D eigenvalue weighted by Gasteiger charge is -2.25. The van der Waals surface area contributed by atoms with E-state index in [-0.39, 0.29) is 17.9 Å². The van der Waals surface area contributed by atoms with E-state index in [1.54, 1.807) is 19.4 Å². The van der Waals surface area contributed by atoms with Crippen LogP contribution < -0.4 is 10.6 Å². The minimum atomic E-state index is 0.0103. The molecule has 1 fully saturated rings. The number of pyridine rings is 1. The van der Waals surface area contributed by atoms with E-state index in [0.29, 0.717) is 25.4 Å². The molecule has 1 aliphatic heterocycles. The maximum atomic E-state index is 12.0. The molecule has 0 aliphatic carbocycles. The highest BCUT2D eigenvalue weighted by Crippen LogP contribution is 2.24. The van der Waals surface area contributed by atoms with Gasteiger partial charge in [-0.15, -0.1) is 0 Å². The van der Waals surface area contributed by atoms with Crippen LogP contribution in [0.15, 0.2) is 24.5 Å². The fourth-order valence-electron chi connectivity index (χ4n) is 2.88. The molecule has 120 valence electrons. The Morgan fingerprint density at radius 2 is 2.09 bits per heavy atom. The Kier molecular flexibility index (Phi) is 5.89. The number of hydrogen-bond donors (Lipinski definition) is 2. The first-order chi connectivity index (χ1) is 10.6. The van der Waals surface area contributed by atoms with Crippen LogP contribution in [0.4, 0.5) is 0 Å². The third-order valence-corrected chi connectivity index (χ3v) is 4.31. The van der Waals surface area contributed by atoms with Crippen molar-refractivity contribution in [2.24, 2.45) is 0 Å². The molecular formula is C16H24N4O2. The maximum absolute atomic E-state index is 12.0. The van der Waals surface area contributed by atoms with Crippen LogP contribution >= 0.6 is 0 Å². The molecule has 0 unspecified atom stereocenters. The van der Waals surface area contributed by atoms with E-state index in [2.05, 4.69) is 20.5 Å². The highest BCUT2D eigenvalue weighted by Gasteiger charge is 2.31. The first-order valence-corrected chi connectivity index (χ1v) is 7.68. The molecule has 0 aromatic carbocycles. The van der Waals surface area contributed by atoms with Gasteiger partial charge in [0.05, 0.1) is 6.42 Å². The SMILES string of the molecule is CNC(=O)C[C@H]1CC[C@@H](CNC(=O)Cc2cccnc2)N1C. The van der Waals surface area contributed by atoms with Crippen molar-refractivity contribution in [3.05, 3.63) is 30.1 Å². The van der Waals surface area contributed by atoms with Crippen molar-refractivity contribution in [2.45, 2.75) is 37.8 Å². The van der Waals surface area contributed by atoms with E-state index in [1.165, 1.54) is 0 Å². The summed E-state index contributed by atoms with van der Waals surface area (Å²) in [5.74, 6) is 0.0780. The van der Waals surface area contributed by atoms with Crippen LogP contribution in [-0.2, 0) is 16.0 Å². The van der Waals surface area contributed by atoms with E-state index in [4.69, 9.17) is 0 Å². The number of nitrogens with zero attached hydrogens (tertiary/aromatic N) is 2. The highest BCUT2D eigenvalue weighted by molar-refractivity contribution is 5.78. The van der Waals surface area contributed by atoms with Crippen LogP contribution in [0.3, 0.4) is 0 Å². The van der Waals surface area contributed by atoms with Gasteiger partial charge >= 0.3 is 0 Å². The quantitative estimate of drug-likeness (QED) is 0.795. The minimum Gasteiger partial charge on any atom is -0.359 e. The normalized spacial score (nSPS) is 21.5. The molecule has 0 saturated carbocycles. The molecule has 2 atom stereocenters. The lowest BCUT2D eigenvalue weighted by Crippen LogP contribution is -2.42. The predicted octanol–water partition coefficient (Wildman–Crippen LogP) is 0.339. The molecule has 6 nitrogen and oxygen atoms in total. The second kappa shape index (κ2) is 7.89. The Balaban J connectivity index is 1.75. The van der Waals surface area contributed by atoms with E-state index in [1.807, 2.05) is 19.2 Å². The van der Waals surface area contributed by atoms with Crippen LogP contribution in [-0.4, -0.2) is 54.4 Å². The minimum absolute atomic E-state index is 0.0103. The summed E-state index contributed by atoms with van der Waals surface area (Å²) in [7, 11) is 3.69. The molecule has 2 heterocycles. The van der Waals surface area contributed by atoms with Gasteiger partial charge in [-0.25, -0.2) is 0 Å². The van der Waals surface area contributed by atoms with E-state index in [9.17, 15) is 9.59 Å². The molecule has 2 amide bonds. The molecule has 22 heavy (non-hydrogen) atoms. The van der Waals surface area contributed by atoms with Crippen LogP contribution in [0.1, 0.15) is 24.8 Å². The third-order valence-electron chi connectivity index (χ3n) is 4.31. The number of likely N-dealkylation sites (N-methyl/N-ethyl adjacent to an activating group) is 1. The fourth-order valence-corrected chi connectivity index (χ4v) is 2.88. The lowest BCUT2D eigenvalue weighted by molar-refractivity contribution is -0.122. The van der Waals surface area contributed by atoms with Gasteiger partial charge < -0.3 is 10.6 Å². The van der Waals surface area contributed by atoms with E-state index < -0.39 is 0 Å². The standard InChI is InChI=1S/C16H24N4O2/c1-17-15(21)9-13-5-6-14(20(13)2)11-19-16(22)8-12-4-3-7-18-10-12/h3-4,7,10,13-14H,5-6,8-9,11H2,1-2H3,(H,17,21)(H,19,22)/t13-,14+/m1/s1. The number of likely N-dealkylation sites (tertiary alicyclic amines) is 1. The van der Waals surface area contributed by atoms with Gasteiger partial charge in [-0.2, -0.15) is 0 Å². The zero-order chi connectivity index (χ0) is 15.9. The summed E-state index contributed by atoms with van der Waals surface area (Å²) in [6, 6.07) is 4.29. The Morgan fingerprint density at radius 3 is 2.77 bits per heavy atom. The van der Waals surface area contributed by atoms with Crippen molar-refractivity contribution in [1.82, 2.24) is 20.5 Å². The number of aromatic nitrogens is 1. The fraction of sp³-hybridized carbons (Fsp3) is 0.562. The zero-order valence-corrected chi connectivity index (χ0v) is 13.2. The molecule has 1 aromatic rings. The molecule has 1 saturated heterocycles. The first-order valence-electron chi connectivity index (χ1n) is 7.68. The molecule has 2 rings (SSSR count). The van der Waals surface area contributed by atoms with Crippen LogP contribution in [0.2, 0.25) is 0 Å². The van der Waals surface area contributed by atoms with Crippen molar-refractivity contribution >= 4 is 11.8 Å². The molecule has 2 N–H and O–H groups in total. The number of rotatable bonds is 6. The molecule has 1 aliphatic rings. The average molecular weight is 304 g/mol. The summed E-state index contributed by atoms with van der Waals surface area (Å²) in [4.78, 5) is 29.7. The van der Waals surface area contributed by atoms with Crippen LogP contribution in [0.25, 0.3) is 0 Å². The second-order valence-electron chi connectivity index (χ2n) is 5.77. The van der Waals surface area contributed by atoms with E-state index in [0.717, 1.165) is 18.4 Å². The topological polar surface area (TPSA) is 74.3 Å². The Labute approximate surface area is 131 Å². The summed E-state index contributed by atoms with van der Waals surface area (Å²) in [5.41, 5.74) is 0.914. The Morgan fingerprint density at radius 1 is 1.32 bits per heavy atom. The van der Waals surface area contributed by atoms with Gasteiger partial charge in [-0.3, -0.25) is 19.5 Å². The van der Waals surface area contributed by atoms with Crippen LogP contribution in [0.5, 0.6) is 0 Å². The predicted molar refractivity (Wildman–Crippen MR) is 84.2 cm³/mol. The number of amides is 2. The summed E-state index contributed by atoms with van der Waals surface area (Å²) in [5, 5.41) is 5.65. The summed E-state index contributed by atoms with van der Waals surface area (Å²) >= 11 is 0. The third kappa shape index (κ3) is 4.53. The smallest absolute Gasteiger partial charge is 0.224 e. The van der Waals surface area contributed by atoms with Crippen LogP contribution in [0, 0.1) is 0 Å². The van der Waals surface area contributed by atoms with E-state index >= 15 is 0 Å². The number of carbonyl (C=O) groups excluding carboxylic acids is 2. The summed E-state index contributed by atoms with van der Waals surface area (Å²) in [6.07, 6.45) is 6.28. The van der Waals surface area contributed by atoms with Crippen molar-refractivity contribution in [2.75, 3.05) is 20.6 Å². The van der Waals surface area contributed by atoms with Gasteiger partial charge in [0.15, 0.2) is 0 Å². The number of nitrogens with one attached hydrogen (secondary N) is 2. The summed E-state index contributed by atoms with van der Waals surface area (Å²) in [6.45, 7) is 0.625. The average Bonchev–Trinajstić information content (AvgIpc) is 2.86.